The number of hydrogen-bond donors (Lipinski definition) is 2. The summed E-state index contributed by atoms with van der Waals surface area (Å²) < 4.78 is 1.64. The van der Waals surface area contributed by atoms with Crippen LogP contribution in [0, 0.1) is 6.92 Å². The van der Waals surface area contributed by atoms with Gasteiger partial charge in [-0.3, -0.25) is 14.8 Å². The van der Waals surface area contributed by atoms with E-state index < -0.39 is 11.2 Å². The van der Waals surface area contributed by atoms with Gasteiger partial charge in [0.15, 0.2) is 0 Å². The fraction of sp³-hybridized carbons (Fsp3) is 0.154. The van der Waals surface area contributed by atoms with Gasteiger partial charge < -0.3 is 0 Å². The first-order valence-corrected chi connectivity index (χ1v) is 5.89. The van der Waals surface area contributed by atoms with E-state index in [1.54, 1.807) is 11.6 Å². The summed E-state index contributed by atoms with van der Waals surface area (Å²) in [6.45, 7) is 2.25. The summed E-state index contributed by atoms with van der Waals surface area (Å²) in [6.07, 6.45) is 0. The lowest BCUT2D eigenvalue weighted by molar-refractivity contribution is 0.694. The number of aromatic nitrogens is 4. The lowest BCUT2D eigenvalue weighted by Gasteiger charge is -2.02. The van der Waals surface area contributed by atoms with Crippen molar-refractivity contribution in [1.29, 1.82) is 0 Å². The smallest absolute Gasteiger partial charge is 0.292 e. The van der Waals surface area contributed by atoms with Crippen molar-refractivity contribution in [3.05, 3.63) is 62.4 Å². The van der Waals surface area contributed by atoms with Crippen molar-refractivity contribution in [2.75, 3.05) is 0 Å². The van der Waals surface area contributed by atoms with Gasteiger partial charge in [0.05, 0.1) is 12.2 Å². The van der Waals surface area contributed by atoms with Gasteiger partial charge in [-0.1, -0.05) is 30.3 Å². The van der Waals surface area contributed by atoms with Crippen molar-refractivity contribution in [2.45, 2.75) is 13.5 Å². The van der Waals surface area contributed by atoms with E-state index in [9.17, 15) is 9.59 Å². The highest BCUT2D eigenvalue weighted by Gasteiger charge is 2.12. The quantitative estimate of drug-likeness (QED) is 0.710. The normalized spacial score (nSPS) is 11.0. The molecule has 0 aliphatic carbocycles. The Bertz CT molecular complexity index is 842. The number of rotatable bonds is 2. The maximum absolute atomic E-state index is 11.8. The maximum Gasteiger partial charge on any atom is 0.327 e. The molecule has 0 atom stereocenters. The van der Waals surface area contributed by atoms with Gasteiger partial charge in [-0.2, -0.15) is 5.10 Å². The van der Waals surface area contributed by atoms with Gasteiger partial charge in [0.1, 0.15) is 11.0 Å². The minimum absolute atomic E-state index is 0.407. The van der Waals surface area contributed by atoms with Crippen molar-refractivity contribution in [3.8, 4) is 0 Å². The highest BCUT2D eigenvalue weighted by molar-refractivity contribution is 5.76. The molecule has 2 N–H and O–H groups in total. The van der Waals surface area contributed by atoms with Crippen molar-refractivity contribution in [1.82, 2.24) is 19.7 Å². The molecular formula is C13H12N4O2. The van der Waals surface area contributed by atoms with Crippen molar-refractivity contribution in [2.24, 2.45) is 0 Å². The van der Waals surface area contributed by atoms with E-state index in [-0.39, 0.29) is 0 Å². The number of H-pyrrole nitrogens is 2. The molecule has 2 aromatic heterocycles. The molecule has 19 heavy (non-hydrogen) atoms. The van der Waals surface area contributed by atoms with Crippen LogP contribution in [0.1, 0.15) is 11.3 Å². The zero-order chi connectivity index (χ0) is 13.4. The average Bonchev–Trinajstić information content (AvgIpc) is 2.67. The van der Waals surface area contributed by atoms with E-state index in [1.165, 1.54) is 0 Å². The maximum atomic E-state index is 11.8. The summed E-state index contributed by atoms with van der Waals surface area (Å²) in [5.74, 6) is 0. The number of aryl methyl sites for hydroxylation is 1. The van der Waals surface area contributed by atoms with Crippen LogP contribution in [0.2, 0.25) is 0 Å². The predicted molar refractivity (Wildman–Crippen MR) is 71.3 cm³/mol. The number of fused-ring (bicyclic) bond motifs is 1. The van der Waals surface area contributed by atoms with Crippen LogP contribution < -0.4 is 11.2 Å². The molecular weight excluding hydrogens is 244 g/mol. The summed E-state index contributed by atoms with van der Waals surface area (Å²) in [6, 6.07) is 9.73. The predicted octanol–water partition coefficient (Wildman–Crippen LogP) is 0.770. The third kappa shape index (κ3) is 1.97. The standard InChI is InChI=1S/C13H12N4O2/c1-8-10-11(14-13(19)15-12(10)18)17(16-8)7-9-5-3-2-4-6-9/h2-6H,7H2,1H3,(H2,14,15,18,19). The molecule has 6 nitrogen and oxygen atoms in total. The molecule has 3 aromatic rings. The molecule has 0 aliphatic rings. The lowest BCUT2D eigenvalue weighted by atomic mass is 10.2. The summed E-state index contributed by atoms with van der Waals surface area (Å²) in [5, 5.41) is 4.74. The van der Waals surface area contributed by atoms with E-state index in [0.29, 0.717) is 23.3 Å². The van der Waals surface area contributed by atoms with Crippen molar-refractivity contribution < 1.29 is 0 Å². The van der Waals surface area contributed by atoms with Gasteiger partial charge >= 0.3 is 5.69 Å². The van der Waals surface area contributed by atoms with Gasteiger partial charge in [-0.15, -0.1) is 0 Å². The van der Waals surface area contributed by atoms with Crippen LogP contribution in [0.15, 0.2) is 39.9 Å². The Hall–Kier alpha value is -2.63. The molecule has 0 bridgehead atoms. The molecule has 2 heterocycles. The number of aromatic amines is 2. The largest absolute Gasteiger partial charge is 0.327 e. The Morgan fingerprint density at radius 2 is 1.89 bits per heavy atom. The molecule has 6 heteroatoms. The average molecular weight is 256 g/mol. The molecule has 0 saturated heterocycles. The minimum atomic E-state index is -0.522. The van der Waals surface area contributed by atoms with Crippen molar-refractivity contribution >= 4 is 11.0 Å². The van der Waals surface area contributed by atoms with E-state index in [2.05, 4.69) is 15.1 Å². The number of nitrogens with zero attached hydrogens (tertiary/aromatic N) is 2. The molecule has 0 amide bonds. The molecule has 0 spiro atoms. The monoisotopic (exact) mass is 256 g/mol. The lowest BCUT2D eigenvalue weighted by Crippen LogP contribution is -2.22. The fourth-order valence-electron chi connectivity index (χ4n) is 2.16. The summed E-state index contributed by atoms with van der Waals surface area (Å²) in [5.41, 5.74) is 1.17. The Labute approximate surface area is 107 Å². The molecule has 1 aromatic carbocycles. The van der Waals surface area contributed by atoms with Crippen LogP contribution in [-0.2, 0) is 6.54 Å². The molecule has 96 valence electrons. The third-order valence-electron chi connectivity index (χ3n) is 2.99. The Morgan fingerprint density at radius 1 is 1.16 bits per heavy atom. The van der Waals surface area contributed by atoms with Crippen molar-refractivity contribution in [3.63, 3.8) is 0 Å². The summed E-state index contributed by atoms with van der Waals surface area (Å²) in [7, 11) is 0. The van der Waals surface area contributed by atoms with E-state index in [1.807, 2.05) is 30.3 Å². The molecule has 0 unspecified atom stereocenters. The SMILES string of the molecule is Cc1nn(Cc2ccccc2)c2[nH]c(=O)[nH]c(=O)c12. The Morgan fingerprint density at radius 3 is 2.63 bits per heavy atom. The van der Waals surface area contributed by atoms with Gasteiger partial charge in [0.25, 0.3) is 5.56 Å². The molecule has 0 radical (unpaired) electrons. The zero-order valence-electron chi connectivity index (χ0n) is 10.3. The molecule has 0 fully saturated rings. The number of nitrogens with one attached hydrogen (secondary N) is 2. The minimum Gasteiger partial charge on any atom is -0.292 e. The second-order valence-electron chi connectivity index (χ2n) is 4.36. The summed E-state index contributed by atoms with van der Waals surface area (Å²) in [4.78, 5) is 28.0. The molecule has 0 aliphatic heterocycles. The topological polar surface area (TPSA) is 83.5 Å². The van der Waals surface area contributed by atoms with Crippen LogP contribution in [0.3, 0.4) is 0 Å². The second-order valence-corrected chi connectivity index (χ2v) is 4.36. The van der Waals surface area contributed by atoms with Gasteiger partial charge in [0.2, 0.25) is 0 Å². The van der Waals surface area contributed by atoms with Gasteiger partial charge in [0, 0.05) is 0 Å². The van der Waals surface area contributed by atoms with E-state index in [0.717, 1.165) is 5.56 Å². The highest BCUT2D eigenvalue weighted by atomic mass is 16.2. The second kappa shape index (κ2) is 4.24. The third-order valence-corrected chi connectivity index (χ3v) is 2.99. The zero-order valence-corrected chi connectivity index (χ0v) is 10.3. The first kappa shape index (κ1) is 11.5. The van der Waals surface area contributed by atoms with Crippen LogP contribution in [-0.4, -0.2) is 19.7 Å². The first-order valence-electron chi connectivity index (χ1n) is 5.89. The van der Waals surface area contributed by atoms with Gasteiger partial charge in [-0.05, 0) is 12.5 Å². The molecule has 0 saturated carbocycles. The van der Waals surface area contributed by atoms with Crippen LogP contribution in [0.4, 0.5) is 0 Å². The van der Waals surface area contributed by atoms with Crippen LogP contribution >= 0.6 is 0 Å². The molecule has 3 rings (SSSR count). The van der Waals surface area contributed by atoms with Gasteiger partial charge in [-0.25, -0.2) is 9.48 Å². The Balaban J connectivity index is 2.20. The number of hydrogen-bond acceptors (Lipinski definition) is 3. The fourth-order valence-corrected chi connectivity index (χ4v) is 2.16. The van der Waals surface area contributed by atoms with E-state index in [4.69, 9.17) is 0 Å². The van der Waals surface area contributed by atoms with E-state index >= 15 is 0 Å². The number of benzene rings is 1. The van der Waals surface area contributed by atoms with Crippen LogP contribution in [0.25, 0.3) is 11.0 Å². The summed E-state index contributed by atoms with van der Waals surface area (Å²) >= 11 is 0. The highest BCUT2D eigenvalue weighted by Crippen LogP contribution is 2.11. The Kier molecular flexibility index (Phi) is 2.56. The van der Waals surface area contributed by atoms with Crippen LogP contribution in [0.5, 0.6) is 0 Å². The first-order chi connectivity index (χ1) is 9.15.